The minimum atomic E-state index is -0.354. The molecule has 18 heavy (non-hydrogen) atoms. The van der Waals surface area contributed by atoms with Gasteiger partial charge in [-0.15, -0.1) is 0 Å². The average Bonchev–Trinajstić information content (AvgIpc) is 2.73. The quantitative estimate of drug-likeness (QED) is 0.738. The van der Waals surface area contributed by atoms with E-state index in [-0.39, 0.29) is 23.8 Å². The van der Waals surface area contributed by atoms with E-state index in [2.05, 4.69) is 10.6 Å². The number of likely N-dealkylation sites (N-methyl/N-ethyl adjacent to an activating group) is 1. The Labute approximate surface area is 109 Å². The molecule has 2 N–H and O–H groups in total. The Morgan fingerprint density at radius 3 is 2.61 bits per heavy atom. The Balaban J connectivity index is 2.42. The Hall–Kier alpha value is -1.10. The molecule has 0 radical (unpaired) electrons. The van der Waals surface area contributed by atoms with Gasteiger partial charge >= 0.3 is 0 Å². The van der Waals surface area contributed by atoms with Gasteiger partial charge in [0, 0.05) is 20.1 Å². The minimum absolute atomic E-state index is 0.0483. The molecular weight excluding hydrogens is 230 g/mol. The second-order valence-corrected chi connectivity index (χ2v) is 5.85. The molecule has 5 heteroatoms. The summed E-state index contributed by atoms with van der Waals surface area (Å²) in [7, 11) is 1.70. The third-order valence-corrected chi connectivity index (χ3v) is 3.32. The number of carbonyl (C=O) groups excluding carboxylic acids is 2. The number of amides is 2. The van der Waals surface area contributed by atoms with Gasteiger partial charge in [-0.25, -0.2) is 0 Å². The molecule has 1 rings (SSSR count). The van der Waals surface area contributed by atoms with Gasteiger partial charge in [0.2, 0.25) is 11.8 Å². The van der Waals surface area contributed by atoms with Gasteiger partial charge in [0.25, 0.3) is 0 Å². The van der Waals surface area contributed by atoms with Crippen molar-refractivity contribution in [3.63, 3.8) is 0 Å². The lowest BCUT2D eigenvalue weighted by molar-refractivity contribution is -0.141. The highest BCUT2D eigenvalue weighted by Gasteiger charge is 2.38. The van der Waals surface area contributed by atoms with Crippen molar-refractivity contribution in [2.45, 2.75) is 27.2 Å². The molecule has 1 heterocycles. The van der Waals surface area contributed by atoms with E-state index in [0.717, 1.165) is 13.0 Å². The van der Waals surface area contributed by atoms with E-state index in [1.165, 1.54) is 4.90 Å². The fourth-order valence-corrected chi connectivity index (χ4v) is 2.12. The van der Waals surface area contributed by atoms with Crippen LogP contribution < -0.4 is 10.6 Å². The Morgan fingerprint density at radius 1 is 1.44 bits per heavy atom. The maximum absolute atomic E-state index is 12.2. The summed E-state index contributed by atoms with van der Waals surface area (Å²) in [5, 5.41) is 6.02. The number of hydrogen-bond donors (Lipinski definition) is 2. The van der Waals surface area contributed by atoms with Gasteiger partial charge in [-0.3, -0.25) is 9.59 Å². The van der Waals surface area contributed by atoms with E-state index in [4.69, 9.17) is 0 Å². The van der Waals surface area contributed by atoms with Crippen molar-refractivity contribution in [1.82, 2.24) is 15.5 Å². The van der Waals surface area contributed by atoms with Gasteiger partial charge in [0.05, 0.1) is 12.0 Å². The molecule has 1 fully saturated rings. The number of rotatable bonds is 5. The molecule has 2 amide bonds. The third-order valence-electron chi connectivity index (χ3n) is 3.32. The van der Waals surface area contributed by atoms with E-state index in [0.29, 0.717) is 19.0 Å². The summed E-state index contributed by atoms with van der Waals surface area (Å²) in [5.41, 5.74) is -0.354. The topological polar surface area (TPSA) is 61.4 Å². The summed E-state index contributed by atoms with van der Waals surface area (Å²) in [6, 6.07) is 0. The number of carbonyl (C=O) groups is 2. The summed E-state index contributed by atoms with van der Waals surface area (Å²) in [6.07, 6.45) is 0.837. The molecule has 5 nitrogen and oxygen atoms in total. The highest BCUT2D eigenvalue weighted by Crippen LogP contribution is 2.26. The third kappa shape index (κ3) is 3.98. The molecule has 1 unspecified atom stereocenters. The van der Waals surface area contributed by atoms with Crippen LogP contribution in [-0.4, -0.2) is 49.9 Å². The van der Waals surface area contributed by atoms with Crippen molar-refractivity contribution in [3.05, 3.63) is 0 Å². The van der Waals surface area contributed by atoms with Crippen LogP contribution in [0.2, 0.25) is 0 Å². The van der Waals surface area contributed by atoms with Crippen LogP contribution in [0.25, 0.3) is 0 Å². The van der Waals surface area contributed by atoms with Gasteiger partial charge < -0.3 is 15.5 Å². The molecular formula is C13H25N3O2. The van der Waals surface area contributed by atoms with Crippen molar-refractivity contribution in [3.8, 4) is 0 Å². The lowest BCUT2D eigenvalue weighted by Crippen LogP contribution is -2.46. The van der Waals surface area contributed by atoms with Crippen LogP contribution >= 0.6 is 0 Å². The number of nitrogens with one attached hydrogen (secondary N) is 2. The molecule has 1 aliphatic heterocycles. The second kappa shape index (κ2) is 6.18. The first-order chi connectivity index (χ1) is 8.35. The first-order valence-electron chi connectivity index (χ1n) is 6.58. The zero-order valence-electron chi connectivity index (χ0n) is 11.9. The largest absolute Gasteiger partial charge is 0.354 e. The molecule has 1 atom stereocenters. The monoisotopic (exact) mass is 255 g/mol. The Bertz CT molecular complexity index is 309. The SMILES string of the molecule is CC(C)CNC(=O)CN(C)C(=O)C1(C)CCNC1. The summed E-state index contributed by atoms with van der Waals surface area (Å²) >= 11 is 0. The first-order valence-corrected chi connectivity index (χ1v) is 6.58. The maximum Gasteiger partial charge on any atom is 0.239 e. The van der Waals surface area contributed by atoms with E-state index < -0.39 is 0 Å². The van der Waals surface area contributed by atoms with Gasteiger partial charge in [-0.1, -0.05) is 13.8 Å². The fourth-order valence-electron chi connectivity index (χ4n) is 2.12. The highest BCUT2D eigenvalue weighted by molar-refractivity contribution is 5.87. The lowest BCUT2D eigenvalue weighted by Gasteiger charge is -2.28. The van der Waals surface area contributed by atoms with Crippen LogP contribution in [0.5, 0.6) is 0 Å². The van der Waals surface area contributed by atoms with Crippen molar-refractivity contribution >= 4 is 11.8 Å². The number of hydrogen-bond acceptors (Lipinski definition) is 3. The van der Waals surface area contributed by atoms with Crippen LogP contribution in [0.4, 0.5) is 0 Å². The molecule has 0 aromatic heterocycles. The van der Waals surface area contributed by atoms with Crippen molar-refractivity contribution in [1.29, 1.82) is 0 Å². The van der Waals surface area contributed by atoms with Gasteiger partial charge in [-0.05, 0) is 25.8 Å². The van der Waals surface area contributed by atoms with Gasteiger partial charge in [0.15, 0.2) is 0 Å². The van der Waals surface area contributed by atoms with E-state index >= 15 is 0 Å². The average molecular weight is 255 g/mol. The summed E-state index contributed by atoms with van der Waals surface area (Å²) in [5.74, 6) is 0.382. The molecule has 1 aliphatic rings. The van der Waals surface area contributed by atoms with Crippen LogP contribution in [0.15, 0.2) is 0 Å². The standard InChI is InChI=1S/C13H25N3O2/c1-10(2)7-15-11(17)8-16(4)12(18)13(3)5-6-14-9-13/h10,14H,5-9H2,1-4H3,(H,15,17). The molecule has 0 aromatic rings. The van der Waals surface area contributed by atoms with Crippen LogP contribution in [0, 0.1) is 11.3 Å². The van der Waals surface area contributed by atoms with E-state index in [1.54, 1.807) is 7.05 Å². The van der Waals surface area contributed by atoms with Gasteiger partial charge in [-0.2, -0.15) is 0 Å². The summed E-state index contributed by atoms with van der Waals surface area (Å²) < 4.78 is 0. The van der Waals surface area contributed by atoms with Crippen molar-refractivity contribution < 1.29 is 9.59 Å². The van der Waals surface area contributed by atoms with Crippen LogP contribution in [0.1, 0.15) is 27.2 Å². The van der Waals surface area contributed by atoms with Crippen molar-refractivity contribution in [2.24, 2.45) is 11.3 Å². The Morgan fingerprint density at radius 2 is 2.11 bits per heavy atom. The smallest absolute Gasteiger partial charge is 0.239 e. The fraction of sp³-hybridized carbons (Fsp3) is 0.846. The molecule has 0 bridgehead atoms. The zero-order valence-corrected chi connectivity index (χ0v) is 11.9. The van der Waals surface area contributed by atoms with E-state index in [9.17, 15) is 9.59 Å². The summed E-state index contributed by atoms with van der Waals surface area (Å²) in [4.78, 5) is 25.4. The Kier molecular flexibility index (Phi) is 5.14. The molecule has 0 saturated carbocycles. The maximum atomic E-state index is 12.2. The second-order valence-electron chi connectivity index (χ2n) is 5.85. The van der Waals surface area contributed by atoms with E-state index in [1.807, 2.05) is 20.8 Å². The highest BCUT2D eigenvalue weighted by atomic mass is 16.2. The predicted octanol–water partition coefficient (Wildman–Crippen LogP) is 0.217. The molecule has 1 saturated heterocycles. The van der Waals surface area contributed by atoms with Crippen molar-refractivity contribution in [2.75, 3.05) is 33.2 Å². The van der Waals surface area contributed by atoms with Crippen LogP contribution in [-0.2, 0) is 9.59 Å². The minimum Gasteiger partial charge on any atom is -0.354 e. The molecule has 0 aromatic carbocycles. The summed E-state index contributed by atoms with van der Waals surface area (Å²) in [6.45, 7) is 8.40. The van der Waals surface area contributed by atoms with Gasteiger partial charge in [0.1, 0.15) is 0 Å². The zero-order chi connectivity index (χ0) is 13.8. The molecule has 104 valence electrons. The first kappa shape index (κ1) is 15.0. The van der Waals surface area contributed by atoms with Crippen LogP contribution in [0.3, 0.4) is 0 Å². The number of nitrogens with zero attached hydrogens (tertiary/aromatic N) is 1. The predicted molar refractivity (Wildman–Crippen MR) is 71.1 cm³/mol. The normalized spacial score (nSPS) is 23.2. The molecule has 0 aliphatic carbocycles. The molecule has 0 spiro atoms. The lowest BCUT2D eigenvalue weighted by atomic mass is 9.88.